The van der Waals surface area contributed by atoms with Gasteiger partial charge in [0.25, 0.3) is 0 Å². The molecule has 0 heterocycles. The van der Waals surface area contributed by atoms with Crippen molar-refractivity contribution in [2.45, 2.75) is 0 Å². The van der Waals surface area contributed by atoms with Crippen LogP contribution in [0.2, 0.25) is 0 Å². The van der Waals surface area contributed by atoms with E-state index in [2.05, 4.69) is 0 Å². The van der Waals surface area contributed by atoms with E-state index in [0.29, 0.717) is 0 Å². The van der Waals surface area contributed by atoms with Crippen LogP contribution in [0.1, 0.15) is 0 Å². The van der Waals surface area contributed by atoms with Crippen molar-refractivity contribution in [1.82, 2.24) is 0 Å². The van der Waals surface area contributed by atoms with E-state index in [9.17, 15) is 0 Å². The molecule has 0 spiro atoms. The Morgan fingerprint density at radius 2 is 0.250 bits per heavy atom. The first-order chi connectivity index (χ1) is 0. The summed E-state index contributed by atoms with van der Waals surface area (Å²) in [6.07, 6.45) is 0. The molecule has 0 atom stereocenters. The van der Waals surface area contributed by atoms with Gasteiger partial charge in [0, 0.05) is 178 Å². The Morgan fingerprint density at radius 3 is 0.250 bits per heavy atom. The van der Waals surface area contributed by atoms with Crippen molar-refractivity contribution in [3.05, 3.63) is 0 Å². The van der Waals surface area contributed by atoms with E-state index in [4.69, 9.17) is 0 Å². The van der Waals surface area contributed by atoms with Gasteiger partial charge in [-0.15, -0.1) is 0 Å². The van der Waals surface area contributed by atoms with Crippen LogP contribution < -0.4 is 0 Å². The molecule has 11 radical (unpaired) electrons. The molecule has 0 aromatic heterocycles. The number of hydrogen-bond acceptors (Lipinski definition) is 0. The van der Waals surface area contributed by atoms with Gasteiger partial charge in [-0.05, 0) is 0 Å². The minimum absolute atomic E-state index is 0. The predicted octanol–water partition coefficient (Wildman–Crippen LogP) is -2.75. The summed E-state index contributed by atoms with van der Waals surface area (Å²) in [7, 11) is 0. The van der Waals surface area contributed by atoms with Gasteiger partial charge in [-0.25, -0.2) is 0 Å². The van der Waals surface area contributed by atoms with Gasteiger partial charge in [-0.3, -0.25) is 0 Å². The van der Waals surface area contributed by atoms with Crippen molar-refractivity contribution in [3.8, 4) is 0 Å². The zero-order valence-electron chi connectivity index (χ0n) is 5.01. The quantitative estimate of drug-likeness (QED) is 0.232. The van der Waals surface area contributed by atoms with Crippen molar-refractivity contribution in [1.29, 1.82) is 0 Å². The van der Waals surface area contributed by atoms with Crippen LogP contribution in [0.15, 0.2) is 0 Å². The molecule has 0 bridgehead atoms. The summed E-state index contributed by atoms with van der Waals surface area (Å²) < 4.78 is 0. The third-order valence-electron chi connectivity index (χ3n) is 0. The van der Waals surface area contributed by atoms with E-state index in [0.717, 1.165) is 0 Å². The predicted molar refractivity (Wildman–Crippen MR) is 25.6 cm³/mol. The summed E-state index contributed by atoms with van der Waals surface area (Å²) in [4.78, 5) is 0. The van der Waals surface area contributed by atoms with Crippen LogP contribution in [0.3, 0.4) is 0 Å². The van der Waals surface area contributed by atoms with E-state index in [1.54, 1.807) is 0 Å². The molecule has 0 N–H and O–H groups in total. The molecule has 0 aliphatic heterocycles. The second kappa shape index (κ2) is 45.3. The van der Waals surface area contributed by atoms with E-state index in [1.165, 1.54) is 0 Å². The van der Waals surface area contributed by atoms with Crippen molar-refractivity contribution in [3.63, 3.8) is 0 Å². The average molecular weight is 1060 g/mol. The first-order valence-electron chi connectivity index (χ1n) is 0. The van der Waals surface area contributed by atoms with Crippen LogP contribution in [-0.2, 0) is 0 Å². The Labute approximate surface area is 241 Å². The van der Waals surface area contributed by atoms with Gasteiger partial charge >= 0.3 is 71.7 Å². The Kier molecular flexibility index (Phi) is 313. The van der Waals surface area contributed by atoms with Crippen molar-refractivity contribution >= 4 is 71.7 Å². The molecule has 0 aromatic carbocycles. The summed E-state index contributed by atoms with van der Waals surface area (Å²) in [5.41, 5.74) is 0. The Balaban J connectivity index is 0. The first kappa shape index (κ1) is 55.2. The van der Waals surface area contributed by atoms with Gasteiger partial charge in [0.2, 0.25) is 0 Å². The van der Waals surface area contributed by atoms with Crippen LogP contribution in [0, 0.1) is 178 Å². The summed E-state index contributed by atoms with van der Waals surface area (Å²) in [6, 6.07) is 0. The van der Waals surface area contributed by atoms with Crippen LogP contribution in [0.5, 0.6) is 0 Å². The molecule has 0 aliphatic rings. The molecule has 0 amide bonds. The van der Waals surface area contributed by atoms with Gasteiger partial charge < -0.3 is 0 Å². The molecular weight excluding hydrogens is 1050 g/mol. The van der Waals surface area contributed by atoms with Gasteiger partial charge in [-0.1, -0.05) is 0 Å². The molecule has 33 valence electrons. The van der Waals surface area contributed by atoms with E-state index >= 15 is 0 Å². The van der Waals surface area contributed by atoms with E-state index in [-0.39, 0.29) is 250 Å². The molecule has 0 saturated heterocycles. The molecule has 8 heavy (non-hydrogen) atoms. The summed E-state index contributed by atoms with van der Waals surface area (Å²) in [6.45, 7) is 0. The van der Waals surface area contributed by atoms with Gasteiger partial charge in [-0.2, -0.15) is 0 Å². The topological polar surface area (TPSA) is 0 Å². The minimum atomic E-state index is 0. The average Bonchev–Trinajstić information content (AvgIpc) is 0. The Morgan fingerprint density at radius 1 is 0.250 bits per heavy atom. The molecule has 0 unspecified atom stereocenters. The molecular formula is H6La5Sn3. The van der Waals surface area contributed by atoms with E-state index < -0.39 is 0 Å². The second-order valence-electron chi connectivity index (χ2n) is 0. The zero-order valence-corrected chi connectivity index (χ0v) is 35.2. The SMILES string of the molecule is [La].[La].[La].[La].[La].[SnH2].[SnH2].[SnH2]. The fourth-order valence-corrected chi connectivity index (χ4v) is 0. The van der Waals surface area contributed by atoms with Crippen LogP contribution in [-0.4, -0.2) is 71.7 Å². The van der Waals surface area contributed by atoms with Crippen LogP contribution in [0.4, 0.5) is 0 Å². The van der Waals surface area contributed by atoms with Crippen molar-refractivity contribution in [2.24, 2.45) is 0 Å². The first-order valence-corrected chi connectivity index (χ1v) is 0. The second-order valence-corrected chi connectivity index (χ2v) is 0. The van der Waals surface area contributed by atoms with Gasteiger partial charge in [0.15, 0.2) is 0 Å². The maximum absolute atomic E-state index is 0. The molecule has 0 nitrogen and oxygen atoms in total. The van der Waals surface area contributed by atoms with Crippen molar-refractivity contribution < 1.29 is 178 Å². The molecule has 0 fully saturated rings. The zero-order chi connectivity index (χ0) is 0. The molecule has 0 saturated carbocycles. The summed E-state index contributed by atoms with van der Waals surface area (Å²) >= 11 is 0. The normalized spacial score (nSPS) is 0. The van der Waals surface area contributed by atoms with E-state index in [1.807, 2.05) is 0 Å². The summed E-state index contributed by atoms with van der Waals surface area (Å²) in [5, 5.41) is 0. The Bertz CT molecular complexity index is 7.64. The monoisotopic (exact) mass is 1060 g/mol. The third-order valence-corrected chi connectivity index (χ3v) is 0. The molecule has 0 aliphatic carbocycles. The molecule has 8 heteroatoms. The number of rotatable bonds is 0. The van der Waals surface area contributed by atoms with Gasteiger partial charge in [0.1, 0.15) is 0 Å². The fourth-order valence-electron chi connectivity index (χ4n) is 0. The standard InChI is InChI=1S/5La.3Sn.6H. The molecule has 0 rings (SSSR count). The summed E-state index contributed by atoms with van der Waals surface area (Å²) in [5.74, 6) is 0. The van der Waals surface area contributed by atoms with Gasteiger partial charge in [0.05, 0.1) is 0 Å². The third kappa shape index (κ3) is 36.7. The Hall–Kier alpha value is 8.37. The maximum atomic E-state index is 0. The van der Waals surface area contributed by atoms with Crippen LogP contribution in [0.25, 0.3) is 0 Å². The fraction of sp³-hybridized carbons (Fsp3) is 0. The van der Waals surface area contributed by atoms with Crippen LogP contribution >= 0.6 is 0 Å². The number of hydrogen-bond donors (Lipinski definition) is 0. The molecule has 0 aromatic rings. The van der Waals surface area contributed by atoms with Crippen molar-refractivity contribution in [2.75, 3.05) is 0 Å².